The van der Waals surface area contributed by atoms with Gasteiger partial charge in [0, 0.05) is 43.7 Å². The van der Waals surface area contributed by atoms with Crippen molar-refractivity contribution in [2.75, 3.05) is 18.0 Å². The first kappa shape index (κ1) is 25.2. The molecule has 1 fully saturated rings. The molecule has 0 saturated carbocycles. The second-order valence-corrected chi connectivity index (χ2v) is 7.46. The number of hydrogen-bond donors (Lipinski definition) is 2. The van der Waals surface area contributed by atoms with Crippen LogP contribution in [0.25, 0.3) is 0 Å². The molecule has 0 spiro atoms. The molecule has 1 saturated heterocycles. The number of halogens is 1. The minimum absolute atomic E-state index is 0. The number of aliphatic imine (C=N–C) groups is 1. The van der Waals surface area contributed by atoms with E-state index in [0.717, 1.165) is 73.0 Å². The van der Waals surface area contributed by atoms with E-state index in [1.165, 1.54) is 0 Å². The standard InChI is InChI=1S/C23H33N5O2.HI/c1-4-20-19(21(5-2)30-27-20)16-26-23(24-6-3)25-15-17-10-12-18(13-11-17)28-14-8-7-9-22(28)29;/h10-13H,4-9,14-16H2,1-3H3,(H2,24,25,26);1H. The fourth-order valence-electron chi connectivity index (χ4n) is 3.68. The number of amides is 1. The van der Waals surface area contributed by atoms with Gasteiger partial charge in [-0.15, -0.1) is 24.0 Å². The molecule has 0 unspecified atom stereocenters. The summed E-state index contributed by atoms with van der Waals surface area (Å²) in [5.41, 5.74) is 4.21. The highest BCUT2D eigenvalue weighted by atomic mass is 127. The summed E-state index contributed by atoms with van der Waals surface area (Å²) in [4.78, 5) is 18.7. The van der Waals surface area contributed by atoms with E-state index in [9.17, 15) is 4.79 Å². The predicted octanol–water partition coefficient (Wildman–Crippen LogP) is 4.19. The summed E-state index contributed by atoms with van der Waals surface area (Å²) < 4.78 is 5.45. The zero-order valence-electron chi connectivity index (χ0n) is 18.7. The summed E-state index contributed by atoms with van der Waals surface area (Å²) >= 11 is 0. The molecule has 2 N–H and O–H groups in total. The second-order valence-electron chi connectivity index (χ2n) is 7.46. The fourth-order valence-corrected chi connectivity index (χ4v) is 3.68. The maximum atomic E-state index is 12.1. The second kappa shape index (κ2) is 12.7. The molecule has 1 amide bonds. The topological polar surface area (TPSA) is 82.8 Å². The van der Waals surface area contributed by atoms with Crippen LogP contribution in [0.5, 0.6) is 0 Å². The van der Waals surface area contributed by atoms with Gasteiger partial charge in [0.2, 0.25) is 5.91 Å². The van der Waals surface area contributed by atoms with Crippen LogP contribution in [-0.2, 0) is 30.7 Å². The Labute approximate surface area is 202 Å². The van der Waals surface area contributed by atoms with E-state index in [2.05, 4.69) is 48.7 Å². The van der Waals surface area contributed by atoms with Crippen LogP contribution in [0.3, 0.4) is 0 Å². The van der Waals surface area contributed by atoms with Crippen LogP contribution in [0.15, 0.2) is 33.8 Å². The maximum absolute atomic E-state index is 12.1. The highest BCUT2D eigenvalue weighted by molar-refractivity contribution is 14.0. The summed E-state index contributed by atoms with van der Waals surface area (Å²) in [7, 11) is 0. The Morgan fingerprint density at radius 1 is 1.13 bits per heavy atom. The smallest absolute Gasteiger partial charge is 0.226 e. The molecule has 0 atom stereocenters. The van der Waals surface area contributed by atoms with Crippen LogP contribution < -0.4 is 15.5 Å². The van der Waals surface area contributed by atoms with Crippen LogP contribution in [0, 0.1) is 0 Å². The van der Waals surface area contributed by atoms with Crippen molar-refractivity contribution in [1.29, 1.82) is 0 Å². The minimum atomic E-state index is 0. The van der Waals surface area contributed by atoms with Crippen molar-refractivity contribution in [3.05, 3.63) is 46.8 Å². The third-order valence-electron chi connectivity index (χ3n) is 5.37. The Kier molecular flexibility index (Phi) is 10.3. The van der Waals surface area contributed by atoms with E-state index in [1.54, 1.807) is 0 Å². The molecular formula is C23H34IN5O2. The monoisotopic (exact) mass is 539 g/mol. The van der Waals surface area contributed by atoms with Gasteiger partial charge in [0.25, 0.3) is 0 Å². The third kappa shape index (κ3) is 6.69. The molecule has 3 rings (SSSR count). The van der Waals surface area contributed by atoms with Crippen LogP contribution in [0.1, 0.15) is 62.6 Å². The average molecular weight is 539 g/mol. The van der Waals surface area contributed by atoms with Crippen molar-refractivity contribution in [2.45, 2.75) is 66.0 Å². The number of anilines is 1. The molecule has 8 heteroatoms. The molecule has 1 aromatic heterocycles. The highest BCUT2D eigenvalue weighted by Gasteiger charge is 2.19. The van der Waals surface area contributed by atoms with Gasteiger partial charge >= 0.3 is 0 Å². The van der Waals surface area contributed by atoms with Gasteiger partial charge in [-0.3, -0.25) is 4.79 Å². The number of piperidine rings is 1. The van der Waals surface area contributed by atoms with Gasteiger partial charge in [-0.2, -0.15) is 0 Å². The number of aryl methyl sites for hydroxylation is 2. The number of nitrogens with zero attached hydrogens (tertiary/aromatic N) is 3. The van der Waals surface area contributed by atoms with E-state index in [4.69, 9.17) is 9.52 Å². The molecule has 0 radical (unpaired) electrons. The van der Waals surface area contributed by atoms with Gasteiger partial charge in [0.15, 0.2) is 5.96 Å². The van der Waals surface area contributed by atoms with Gasteiger partial charge < -0.3 is 20.1 Å². The van der Waals surface area contributed by atoms with Crippen LogP contribution >= 0.6 is 24.0 Å². The zero-order chi connectivity index (χ0) is 21.3. The van der Waals surface area contributed by atoms with Crippen LogP contribution in [0.4, 0.5) is 5.69 Å². The van der Waals surface area contributed by atoms with Crippen LogP contribution in [-0.4, -0.2) is 30.1 Å². The summed E-state index contributed by atoms with van der Waals surface area (Å²) in [6.07, 6.45) is 4.39. The Bertz CT molecular complexity index is 842. The number of rotatable bonds is 8. The molecule has 7 nitrogen and oxygen atoms in total. The summed E-state index contributed by atoms with van der Waals surface area (Å²) in [6, 6.07) is 8.14. The fraction of sp³-hybridized carbons (Fsp3) is 0.522. The Balaban J connectivity index is 0.00000341. The Hall–Kier alpha value is -2.10. The number of nitrogens with one attached hydrogen (secondary N) is 2. The van der Waals surface area contributed by atoms with Gasteiger partial charge in [0.1, 0.15) is 5.76 Å². The van der Waals surface area contributed by atoms with E-state index in [0.29, 0.717) is 19.5 Å². The zero-order valence-corrected chi connectivity index (χ0v) is 21.1. The lowest BCUT2D eigenvalue weighted by Crippen LogP contribution is -2.37. The molecule has 31 heavy (non-hydrogen) atoms. The molecule has 2 aromatic rings. The van der Waals surface area contributed by atoms with Gasteiger partial charge in [0.05, 0.1) is 12.2 Å². The molecular weight excluding hydrogens is 505 g/mol. The van der Waals surface area contributed by atoms with Gasteiger partial charge in [-0.25, -0.2) is 4.99 Å². The van der Waals surface area contributed by atoms with Crippen molar-refractivity contribution < 1.29 is 9.32 Å². The largest absolute Gasteiger partial charge is 0.361 e. The first-order chi connectivity index (χ1) is 14.7. The van der Waals surface area contributed by atoms with E-state index in [1.807, 2.05) is 17.0 Å². The molecule has 2 heterocycles. The summed E-state index contributed by atoms with van der Waals surface area (Å²) in [5, 5.41) is 10.9. The SMILES string of the molecule is CCNC(=NCc1ccc(N2CCCCC2=O)cc1)NCc1c(CC)noc1CC.I. The number of carbonyl (C=O) groups is 1. The number of guanidine groups is 1. The van der Waals surface area contributed by atoms with Crippen molar-refractivity contribution >= 4 is 41.5 Å². The van der Waals surface area contributed by atoms with Gasteiger partial charge in [-0.1, -0.05) is 31.1 Å². The lowest BCUT2D eigenvalue weighted by Gasteiger charge is -2.26. The average Bonchev–Trinajstić information content (AvgIpc) is 3.18. The number of carbonyl (C=O) groups excluding carboxylic acids is 1. The molecule has 1 aromatic carbocycles. The summed E-state index contributed by atoms with van der Waals surface area (Å²) in [6.45, 7) is 9.01. The molecule has 0 bridgehead atoms. The first-order valence-corrected chi connectivity index (χ1v) is 11.0. The van der Waals surface area contributed by atoms with Crippen molar-refractivity contribution in [3.63, 3.8) is 0 Å². The molecule has 0 aliphatic carbocycles. The minimum Gasteiger partial charge on any atom is -0.361 e. The van der Waals surface area contributed by atoms with Crippen LogP contribution in [0.2, 0.25) is 0 Å². The Morgan fingerprint density at radius 2 is 1.90 bits per heavy atom. The van der Waals surface area contributed by atoms with E-state index >= 15 is 0 Å². The van der Waals surface area contributed by atoms with Crippen molar-refractivity contribution in [3.8, 4) is 0 Å². The first-order valence-electron chi connectivity index (χ1n) is 11.0. The lowest BCUT2D eigenvalue weighted by atomic mass is 10.1. The number of hydrogen-bond acceptors (Lipinski definition) is 4. The highest BCUT2D eigenvalue weighted by Crippen LogP contribution is 2.21. The Morgan fingerprint density at radius 3 is 2.55 bits per heavy atom. The third-order valence-corrected chi connectivity index (χ3v) is 5.37. The molecule has 1 aliphatic heterocycles. The normalized spacial score (nSPS) is 14.4. The predicted molar refractivity (Wildman–Crippen MR) is 135 cm³/mol. The number of aromatic nitrogens is 1. The maximum Gasteiger partial charge on any atom is 0.226 e. The quantitative estimate of drug-likeness (QED) is 0.299. The lowest BCUT2D eigenvalue weighted by molar-refractivity contribution is -0.119. The molecule has 1 aliphatic rings. The van der Waals surface area contributed by atoms with Gasteiger partial charge in [-0.05, 0) is 43.9 Å². The van der Waals surface area contributed by atoms with Crippen molar-refractivity contribution in [2.24, 2.45) is 4.99 Å². The van der Waals surface area contributed by atoms with Crippen molar-refractivity contribution in [1.82, 2.24) is 15.8 Å². The number of benzene rings is 1. The van der Waals surface area contributed by atoms with E-state index in [-0.39, 0.29) is 29.9 Å². The summed E-state index contributed by atoms with van der Waals surface area (Å²) in [5.74, 6) is 1.91. The molecule has 170 valence electrons. The van der Waals surface area contributed by atoms with E-state index < -0.39 is 0 Å².